The highest BCUT2D eigenvalue weighted by Crippen LogP contribution is 2.29. The SMILES string of the molecule is CS(=O)(=O)N1CCC(Oc2ccc(N)cc2Cl)CC1. The molecule has 1 heterocycles. The van der Waals surface area contributed by atoms with Crippen LogP contribution < -0.4 is 10.5 Å². The van der Waals surface area contributed by atoms with Crippen LogP contribution in [0.5, 0.6) is 5.75 Å². The highest BCUT2D eigenvalue weighted by atomic mass is 35.5. The van der Waals surface area contributed by atoms with Crippen LogP contribution >= 0.6 is 11.6 Å². The van der Waals surface area contributed by atoms with Gasteiger partial charge in [-0.15, -0.1) is 0 Å². The molecule has 0 spiro atoms. The number of nitrogen functional groups attached to an aromatic ring is 1. The molecule has 0 radical (unpaired) electrons. The van der Waals surface area contributed by atoms with Crippen LogP contribution in [0, 0.1) is 0 Å². The highest BCUT2D eigenvalue weighted by Gasteiger charge is 2.26. The Bertz CT molecular complexity index is 554. The maximum atomic E-state index is 11.4. The van der Waals surface area contributed by atoms with Crippen molar-refractivity contribution in [3.05, 3.63) is 23.2 Å². The van der Waals surface area contributed by atoms with Gasteiger partial charge in [0.25, 0.3) is 0 Å². The van der Waals surface area contributed by atoms with E-state index in [2.05, 4.69) is 0 Å². The number of rotatable bonds is 3. The van der Waals surface area contributed by atoms with Crippen LogP contribution in [0.1, 0.15) is 12.8 Å². The molecule has 0 unspecified atom stereocenters. The number of hydrogen-bond acceptors (Lipinski definition) is 4. The van der Waals surface area contributed by atoms with Gasteiger partial charge in [0.2, 0.25) is 10.0 Å². The van der Waals surface area contributed by atoms with E-state index in [1.165, 1.54) is 10.6 Å². The molecule has 106 valence electrons. The predicted molar refractivity (Wildman–Crippen MR) is 75.9 cm³/mol. The van der Waals surface area contributed by atoms with Crippen molar-refractivity contribution in [2.24, 2.45) is 0 Å². The molecule has 19 heavy (non-hydrogen) atoms. The first-order valence-corrected chi connectivity index (χ1v) is 8.25. The molecule has 0 atom stereocenters. The van der Waals surface area contributed by atoms with Gasteiger partial charge in [0.1, 0.15) is 11.9 Å². The van der Waals surface area contributed by atoms with Crippen molar-refractivity contribution in [2.45, 2.75) is 18.9 Å². The van der Waals surface area contributed by atoms with Gasteiger partial charge in [0, 0.05) is 18.8 Å². The lowest BCUT2D eigenvalue weighted by Gasteiger charge is -2.30. The zero-order valence-electron chi connectivity index (χ0n) is 10.7. The summed E-state index contributed by atoms with van der Waals surface area (Å²) in [6, 6.07) is 5.11. The lowest BCUT2D eigenvalue weighted by molar-refractivity contribution is 0.135. The Kier molecular flexibility index (Phi) is 4.23. The molecular weight excluding hydrogens is 288 g/mol. The van der Waals surface area contributed by atoms with Gasteiger partial charge < -0.3 is 10.5 Å². The Hall–Kier alpha value is -0.980. The molecule has 1 aromatic carbocycles. The number of hydrogen-bond donors (Lipinski definition) is 1. The lowest BCUT2D eigenvalue weighted by atomic mass is 10.1. The fourth-order valence-electron chi connectivity index (χ4n) is 2.07. The van der Waals surface area contributed by atoms with Crippen LogP contribution in [0.25, 0.3) is 0 Å². The minimum atomic E-state index is -3.10. The second-order valence-corrected chi connectivity index (χ2v) is 7.06. The number of piperidine rings is 1. The number of benzene rings is 1. The fourth-order valence-corrected chi connectivity index (χ4v) is 3.18. The van der Waals surface area contributed by atoms with Gasteiger partial charge in [-0.3, -0.25) is 0 Å². The molecule has 1 saturated heterocycles. The number of sulfonamides is 1. The summed E-state index contributed by atoms with van der Waals surface area (Å²) in [6.07, 6.45) is 2.53. The minimum absolute atomic E-state index is 0.0147. The number of nitrogens with zero attached hydrogens (tertiary/aromatic N) is 1. The molecule has 1 fully saturated rings. The first kappa shape index (κ1) is 14.4. The van der Waals surface area contributed by atoms with Crippen molar-refractivity contribution in [3.8, 4) is 5.75 Å². The van der Waals surface area contributed by atoms with Crippen LogP contribution in [0.4, 0.5) is 5.69 Å². The normalized spacial score (nSPS) is 18.4. The van der Waals surface area contributed by atoms with E-state index in [4.69, 9.17) is 22.1 Å². The third kappa shape index (κ3) is 3.75. The Morgan fingerprint density at radius 2 is 2.00 bits per heavy atom. The summed E-state index contributed by atoms with van der Waals surface area (Å²) in [5.74, 6) is 0.591. The lowest BCUT2D eigenvalue weighted by Crippen LogP contribution is -2.41. The average Bonchev–Trinajstić information content (AvgIpc) is 2.32. The molecule has 0 amide bonds. The summed E-state index contributed by atoms with van der Waals surface area (Å²) in [7, 11) is -3.10. The topological polar surface area (TPSA) is 72.6 Å². The largest absolute Gasteiger partial charge is 0.489 e. The second kappa shape index (κ2) is 5.56. The highest BCUT2D eigenvalue weighted by molar-refractivity contribution is 7.88. The predicted octanol–water partition coefficient (Wildman–Crippen LogP) is 1.72. The smallest absolute Gasteiger partial charge is 0.211 e. The van der Waals surface area contributed by atoms with Gasteiger partial charge in [0.05, 0.1) is 11.3 Å². The van der Waals surface area contributed by atoms with Crippen LogP contribution in [-0.4, -0.2) is 38.2 Å². The first-order valence-electron chi connectivity index (χ1n) is 6.03. The molecule has 0 aromatic heterocycles. The first-order chi connectivity index (χ1) is 8.86. The van der Waals surface area contributed by atoms with Crippen molar-refractivity contribution in [3.63, 3.8) is 0 Å². The van der Waals surface area contributed by atoms with Crippen molar-refractivity contribution < 1.29 is 13.2 Å². The van der Waals surface area contributed by atoms with Crippen LogP contribution in [-0.2, 0) is 10.0 Å². The van der Waals surface area contributed by atoms with E-state index in [0.29, 0.717) is 42.4 Å². The molecule has 2 N–H and O–H groups in total. The van der Waals surface area contributed by atoms with Crippen LogP contribution in [0.2, 0.25) is 5.02 Å². The molecule has 1 aliphatic heterocycles. The molecule has 2 rings (SSSR count). The quantitative estimate of drug-likeness (QED) is 0.863. The number of nitrogens with two attached hydrogens (primary N) is 1. The third-order valence-electron chi connectivity index (χ3n) is 3.12. The van der Waals surface area contributed by atoms with E-state index in [-0.39, 0.29) is 6.10 Å². The molecule has 5 nitrogen and oxygen atoms in total. The molecule has 1 aliphatic rings. The van der Waals surface area contributed by atoms with Gasteiger partial charge in [-0.1, -0.05) is 11.6 Å². The van der Waals surface area contributed by atoms with E-state index < -0.39 is 10.0 Å². The Morgan fingerprint density at radius 3 is 2.53 bits per heavy atom. The zero-order chi connectivity index (χ0) is 14.0. The molecule has 0 aliphatic carbocycles. The van der Waals surface area contributed by atoms with E-state index >= 15 is 0 Å². The average molecular weight is 305 g/mol. The van der Waals surface area contributed by atoms with E-state index in [0.717, 1.165) is 0 Å². The van der Waals surface area contributed by atoms with Gasteiger partial charge in [0.15, 0.2) is 0 Å². The van der Waals surface area contributed by atoms with Crippen molar-refractivity contribution in [2.75, 3.05) is 25.1 Å². The standard InChI is InChI=1S/C12H17ClN2O3S/c1-19(16,17)15-6-4-10(5-7-15)18-12-3-2-9(14)8-11(12)13/h2-3,8,10H,4-7,14H2,1H3. The van der Waals surface area contributed by atoms with Gasteiger partial charge in [-0.2, -0.15) is 0 Å². The second-order valence-electron chi connectivity index (χ2n) is 4.67. The van der Waals surface area contributed by atoms with Gasteiger partial charge >= 0.3 is 0 Å². The summed E-state index contributed by atoms with van der Waals surface area (Å²) in [5, 5.41) is 0.477. The molecular formula is C12H17ClN2O3S. The third-order valence-corrected chi connectivity index (χ3v) is 4.72. The van der Waals surface area contributed by atoms with Crippen molar-refractivity contribution >= 4 is 27.3 Å². The van der Waals surface area contributed by atoms with Gasteiger partial charge in [-0.25, -0.2) is 12.7 Å². The number of ether oxygens (including phenoxy) is 1. The summed E-state index contributed by atoms with van der Waals surface area (Å²) >= 11 is 6.04. The monoisotopic (exact) mass is 304 g/mol. The molecule has 0 bridgehead atoms. The molecule has 0 saturated carbocycles. The molecule has 1 aromatic rings. The Labute approximate surface area is 118 Å². The summed E-state index contributed by atoms with van der Waals surface area (Å²) in [6.45, 7) is 0.964. The van der Waals surface area contributed by atoms with E-state index in [9.17, 15) is 8.42 Å². The number of anilines is 1. The Balaban J connectivity index is 1.96. The van der Waals surface area contributed by atoms with Crippen molar-refractivity contribution in [1.29, 1.82) is 0 Å². The Morgan fingerprint density at radius 1 is 1.37 bits per heavy atom. The van der Waals surface area contributed by atoms with Crippen LogP contribution in [0.3, 0.4) is 0 Å². The van der Waals surface area contributed by atoms with Crippen molar-refractivity contribution in [1.82, 2.24) is 4.31 Å². The van der Waals surface area contributed by atoms with Gasteiger partial charge in [-0.05, 0) is 31.0 Å². The van der Waals surface area contributed by atoms with E-state index in [1.807, 2.05) is 0 Å². The zero-order valence-corrected chi connectivity index (χ0v) is 12.2. The van der Waals surface area contributed by atoms with Crippen LogP contribution in [0.15, 0.2) is 18.2 Å². The minimum Gasteiger partial charge on any atom is -0.489 e. The summed E-state index contributed by atoms with van der Waals surface area (Å²) in [4.78, 5) is 0. The van der Waals surface area contributed by atoms with E-state index in [1.54, 1.807) is 18.2 Å². The number of halogens is 1. The summed E-state index contributed by atoms with van der Waals surface area (Å²) in [5.41, 5.74) is 6.20. The summed E-state index contributed by atoms with van der Waals surface area (Å²) < 4.78 is 30.0. The maximum absolute atomic E-state index is 11.4. The maximum Gasteiger partial charge on any atom is 0.211 e. The molecule has 7 heteroatoms. The fraction of sp³-hybridized carbons (Fsp3) is 0.500.